The molecule has 0 aromatic heterocycles. The minimum Gasteiger partial charge on any atom is -0.308 e. The first-order chi connectivity index (χ1) is 8.77. The molecule has 0 unspecified atom stereocenters. The summed E-state index contributed by atoms with van der Waals surface area (Å²) in [5.74, 6) is 0.837. The fourth-order valence-electron chi connectivity index (χ4n) is 3.21. The Morgan fingerprint density at radius 3 is 2.26 bits per heavy atom. The third-order valence-corrected chi connectivity index (χ3v) is 3.80. The fraction of sp³-hybridized carbons (Fsp3) is 0.667. The number of hydrogen-bond donors (Lipinski definition) is 1. The Kier molecular flexibility index (Phi) is 4.06. The summed E-state index contributed by atoms with van der Waals surface area (Å²) in [5.41, 5.74) is 3.62. The summed E-state index contributed by atoms with van der Waals surface area (Å²) in [5, 5.41) is 3.75. The first-order valence-corrected chi connectivity index (χ1v) is 7.60. The van der Waals surface area contributed by atoms with Gasteiger partial charge in [0.05, 0.1) is 0 Å². The minimum atomic E-state index is 0.189. The van der Waals surface area contributed by atoms with Crippen LogP contribution in [0.2, 0.25) is 0 Å². The quantitative estimate of drug-likeness (QED) is 0.795. The van der Waals surface area contributed by atoms with Gasteiger partial charge in [-0.05, 0) is 55.6 Å². The van der Waals surface area contributed by atoms with E-state index in [2.05, 4.69) is 64.2 Å². The molecule has 19 heavy (non-hydrogen) atoms. The van der Waals surface area contributed by atoms with Crippen molar-refractivity contribution in [3.8, 4) is 0 Å². The van der Waals surface area contributed by atoms with Gasteiger partial charge in [-0.15, -0.1) is 0 Å². The predicted octanol–water partition coefficient (Wildman–Crippen LogP) is 4.87. The van der Waals surface area contributed by atoms with E-state index in [1.807, 2.05) is 0 Å². The molecule has 1 heteroatoms. The highest BCUT2D eigenvalue weighted by Crippen LogP contribution is 2.41. The molecular weight excluding hydrogens is 230 g/mol. The van der Waals surface area contributed by atoms with Gasteiger partial charge in [0.15, 0.2) is 0 Å². The topological polar surface area (TPSA) is 12.0 Å². The molecule has 0 atom stereocenters. The number of nitrogens with one attached hydrogen (secondary N) is 1. The zero-order valence-electron chi connectivity index (χ0n) is 13.2. The molecule has 1 nitrogen and oxygen atoms in total. The van der Waals surface area contributed by atoms with Crippen LogP contribution in [-0.4, -0.2) is 5.54 Å². The normalized spacial score (nSPS) is 16.7. The molecular formula is C18H29N. The lowest BCUT2D eigenvalue weighted by atomic mass is 9.81. The molecule has 0 radical (unpaired) electrons. The van der Waals surface area contributed by atoms with E-state index in [0.29, 0.717) is 5.41 Å². The number of rotatable bonds is 5. The van der Waals surface area contributed by atoms with Crippen molar-refractivity contribution in [2.45, 2.75) is 71.9 Å². The Morgan fingerprint density at radius 2 is 1.68 bits per heavy atom. The second-order valence-corrected chi connectivity index (χ2v) is 7.95. The van der Waals surface area contributed by atoms with Crippen LogP contribution in [0.25, 0.3) is 0 Å². The van der Waals surface area contributed by atoms with Gasteiger partial charge in [-0.2, -0.15) is 0 Å². The molecule has 1 fully saturated rings. The van der Waals surface area contributed by atoms with Gasteiger partial charge in [0, 0.05) is 12.1 Å². The highest BCUT2D eigenvalue weighted by Gasteiger charge is 2.27. The Hall–Kier alpha value is -0.820. The Morgan fingerprint density at radius 1 is 1.05 bits per heavy atom. The van der Waals surface area contributed by atoms with Crippen molar-refractivity contribution in [2.24, 2.45) is 5.41 Å². The highest BCUT2D eigenvalue weighted by atomic mass is 15.0. The van der Waals surface area contributed by atoms with E-state index in [1.54, 1.807) is 5.56 Å². The zero-order valence-corrected chi connectivity index (χ0v) is 13.2. The number of benzene rings is 1. The third kappa shape index (κ3) is 4.65. The van der Waals surface area contributed by atoms with Crippen LogP contribution in [0.4, 0.5) is 0 Å². The van der Waals surface area contributed by atoms with Gasteiger partial charge < -0.3 is 5.32 Å². The molecule has 1 aliphatic rings. The maximum atomic E-state index is 3.75. The Labute approximate surface area is 118 Å². The molecule has 2 rings (SSSR count). The molecule has 1 N–H and O–H groups in total. The average Bonchev–Trinajstić information content (AvgIpc) is 3.07. The number of hydrogen-bond acceptors (Lipinski definition) is 1. The molecule has 106 valence electrons. The van der Waals surface area contributed by atoms with Gasteiger partial charge in [0.1, 0.15) is 0 Å². The van der Waals surface area contributed by atoms with Crippen LogP contribution in [0.1, 0.15) is 70.9 Å². The maximum absolute atomic E-state index is 3.75. The van der Waals surface area contributed by atoms with Crippen molar-refractivity contribution in [3.05, 3.63) is 35.4 Å². The smallest absolute Gasteiger partial charge is 0.0213 e. The van der Waals surface area contributed by atoms with E-state index in [-0.39, 0.29) is 5.54 Å². The molecule has 1 aromatic rings. The van der Waals surface area contributed by atoms with E-state index < -0.39 is 0 Å². The summed E-state index contributed by atoms with van der Waals surface area (Å²) in [6.07, 6.45) is 3.94. The van der Waals surface area contributed by atoms with E-state index in [0.717, 1.165) is 12.5 Å². The molecule has 1 saturated carbocycles. The summed E-state index contributed by atoms with van der Waals surface area (Å²) in [6, 6.07) is 8.94. The third-order valence-electron chi connectivity index (χ3n) is 3.80. The van der Waals surface area contributed by atoms with Gasteiger partial charge >= 0.3 is 0 Å². The molecule has 1 aliphatic carbocycles. The summed E-state index contributed by atoms with van der Waals surface area (Å²) < 4.78 is 0. The molecule has 0 saturated heterocycles. The lowest BCUT2D eigenvalue weighted by Crippen LogP contribution is -2.42. The monoisotopic (exact) mass is 259 g/mol. The largest absolute Gasteiger partial charge is 0.308 e. The maximum Gasteiger partial charge on any atom is 0.0213 e. The molecule has 0 aliphatic heterocycles. The van der Waals surface area contributed by atoms with Gasteiger partial charge in [-0.25, -0.2) is 0 Å². The molecule has 0 amide bonds. The van der Waals surface area contributed by atoms with Crippen LogP contribution in [0.5, 0.6) is 0 Å². The molecule has 0 bridgehead atoms. The molecule has 1 aromatic carbocycles. The van der Waals surface area contributed by atoms with Crippen molar-refractivity contribution in [1.82, 2.24) is 5.32 Å². The van der Waals surface area contributed by atoms with Crippen LogP contribution < -0.4 is 5.32 Å². The van der Waals surface area contributed by atoms with Crippen LogP contribution in [-0.2, 0) is 6.54 Å². The lowest BCUT2D eigenvalue weighted by molar-refractivity contribution is 0.240. The van der Waals surface area contributed by atoms with Gasteiger partial charge in [-0.3, -0.25) is 0 Å². The standard InChI is InChI=1S/C18H29N/c1-17(2,3)13-18(4,5)19-12-15-8-6-7-9-16(15)14-10-11-14/h6-9,14,19H,10-13H2,1-5H3. The van der Waals surface area contributed by atoms with Gasteiger partial charge in [0.25, 0.3) is 0 Å². The van der Waals surface area contributed by atoms with E-state index in [1.165, 1.54) is 24.8 Å². The average molecular weight is 259 g/mol. The van der Waals surface area contributed by atoms with Crippen LogP contribution in [0, 0.1) is 5.41 Å². The van der Waals surface area contributed by atoms with Crippen molar-refractivity contribution in [2.75, 3.05) is 0 Å². The van der Waals surface area contributed by atoms with Gasteiger partial charge in [0.2, 0.25) is 0 Å². The first kappa shape index (κ1) is 14.6. The van der Waals surface area contributed by atoms with Crippen molar-refractivity contribution < 1.29 is 0 Å². The summed E-state index contributed by atoms with van der Waals surface area (Å²) in [6.45, 7) is 12.6. The fourth-order valence-corrected chi connectivity index (χ4v) is 3.21. The van der Waals surface area contributed by atoms with Crippen molar-refractivity contribution in [3.63, 3.8) is 0 Å². The van der Waals surface area contributed by atoms with Crippen molar-refractivity contribution in [1.29, 1.82) is 0 Å². The SMILES string of the molecule is CC(C)(C)CC(C)(C)NCc1ccccc1C1CC1. The Balaban J connectivity index is 1.98. The van der Waals surface area contributed by atoms with Crippen LogP contribution >= 0.6 is 0 Å². The van der Waals surface area contributed by atoms with E-state index in [9.17, 15) is 0 Å². The Bertz CT molecular complexity index is 422. The molecule has 0 heterocycles. The van der Waals surface area contributed by atoms with Crippen molar-refractivity contribution >= 4 is 0 Å². The second kappa shape index (κ2) is 5.28. The van der Waals surface area contributed by atoms with E-state index in [4.69, 9.17) is 0 Å². The second-order valence-electron chi connectivity index (χ2n) is 7.95. The predicted molar refractivity (Wildman–Crippen MR) is 83.4 cm³/mol. The summed E-state index contributed by atoms with van der Waals surface area (Å²) in [7, 11) is 0. The van der Waals surface area contributed by atoms with Gasteiger partial charge in [-0.1, -0.05) is 45.0 Å². The minimum absolute atomic E-state index is 0.189. The highest BCUT2D eigenvalue weighted by molar-refractivity contribution is 5.33. The van der Waals surface area contributed by atoms with Crippen LogP contribution in [0.15, 0.2) is 24.3 Å². The lowest BCUT2D eigenvalue weighted by Gasteiger charge is -2.33. The van der Waals surface area contributed by atoms with Crippen LogP contribution in [0.3, 0.4) is 0 Å². The first-order valence-electron chi connectivity index (χ1n) is 7.60. The summed E-state index contributed by atoms with van der Waals surface area (Å²) in [4.78, 5) is 0. The molecule has 0 spiro atoms. The summed E-state index contributed by atoms with van der Waals surface area (Å²) >= 11 is 0. The zero-order chi connectivity index (χ0) is 14.1. The van der Waals surface area contributed by atoms with E-state index >= 15 is 0 Å².